The molecule has 0 unspecified atom stereocenters. The number of nitrogens with one attached hydrogen (secondary N) is 1. The van der Waals surface area contributed by atoms with Crippen molar-refractivity contribution in [3.05, 3.63) is 59.2 Å². The molecule has 0 spiro atoms. The van der Waals surface area contributed by atoms with E-state index in [0.29, 0.717) is 0 Å². The molecule has 2 aromatic carbocycles. The Balaban J connectivity index is 1.64. The molecule has 0 bridgehead atoms. The number of methoxy groups -OCH3 is 1. The van der Waals surface area contributed by atoms with Crippen molar-refractivity contribution in [3.8, 4) is 5.75 Å². The van der Waals surface area contributed by atoms with Crippen LogP contribution in [0.15, 0.2) is 42.5 Å². The van der Waals surface area contributed by atoms with Crippen LogP contribution >= 0.6 is 0 Å². The van der Waals surface area contributed by atoms with Crippen LogP contribution in [-0.2, 0) is 4.79 Å². The average Bonchev–Trinajstić information content (AvgIpc) is 2.72. The van der Waals surface area contributed by atoms with Gasteiger partial charge in [0.25, 0.3) is 0 Å². The van der Waals surface area contributed by atoms with Crippen LogP contribution in [0.4, 0.5) is 11.4 Å². The zero-order valence-corrected chi connectivity index (χ0v) is 17.9. The standard InChI is InChI=1S/C24H31N3O2/c1-5-26-12-14-27(15-13-26)22-9-8-21(17-19(22)3)25-24(28)11-7-20-16-18(2)6-10-23(20)29-4/h6-11,16-17H,5,12-15H2,1-4H3,(H,25,28)/b11-7+. The highest BCUT2D eigenvalue weighted by Gasteiger charge is 2.17. The average molecular weight is 394 g/mol. The van der Waals surface area contributed by atoms with Gasteiger partial charge in [0.05, 0.1) is 7.11 Å². The molecule has 3 rings (SSSR count). The number of rotatable bonds is 6. The molecule has 0 radical (unpaired) electrons. The van der Waals surface area contributed by atoms with Crippen molar-refractivity contribution in [2.45, 2.75) is 20.8 Å². The minimum absolute atomic E-state index is 0.155. The number of likely N-dealkylation sites (N-methyl/N-ethyl adjacent to an activating group) is 1. The van der Waals surface area contributed by atoms with Gasteiger partial charge in [-0.2, -0.15) is 0 Å². The maximum atomic E-state index is 12.4. The van der Waals surface area contributed by atoms with Crippen LogP contribution in [0.25, 0.3) is 6.08 Å². The van der Waals surface area contributed by atoms with Crippen LogP contribution in [0, 0.1) is 13.8 Å². The molecule has 1 amide bonds. The largest absolute Gasteiger partial charge is 0.496 e. The summed E-state index contributed by atoms with van der Waals surface area (Å²) in [4.78, 5) is 17.3. The van der Waals surface area contributed by atoms with E-state index >= 15 is 0 Å². The molecule has 0 atom stereocenters. The molecular formula is C24H31N3O2. The minimum Gasteiger partial charge on any atom is -0.496 e. The van der Waals surface area contributed by atoms with Gasteiger partial charge in [0.2, 0.25) is 5.91 Å². The number of hydrogen-bond donors (Lipinski definition) is 1. The molecule has 2 aromatic rings. The molecule has 1 fully saturated rings. The summed E-state index contributed by atoms with van der Waals surface area (Å²) in [5.41, 5.74) is 5.25. The normalized spacial score (nSPS) is 15.0. The van der Waals surface area contributed by atoms with Crippen LogP contribution in [0.3, 0.4) is 0 Å². The van der Waals surface area contributed by atoms with E-state index in [4.69, 9.17) is 4.74 Å². The van der Waals surface area contributed by atoms with Crippen LogP contribution in [0.5, 0.6) is 5.75 Å². The van der Waals surface area contributed by atoms with E-state index in [1.165, 1.54) is 11.3 Å². The molecule has 29 heavy (non-hydrogen) atoms. The first-order valence-corrected chi connectivity index (χ1v) is 10.2. The smallest absolute Gasteiger partial charge is 0.248 e. The van der Waals surface area contributed by atoms with E-state index < -0.39 is 0 Å². The van der Waals surface area contributed by atoms with Gasteiger partial charge in [0.15, 0.2) is 0 Å². The highest BCUT2D eigenvalue weighted by molar-refractivity contribution is 6.02. The maximum absolute atomic E-state index is 12.4. The van der Waals surface area contributed by atoms with Gasteiger partial charge in [-0.05, 0) is 62.4 Å². The van der Waals surface area contributed by atoms with Gasteiger partial charge in [-0.3, -0.25) is 4.79 Å². The molecule has 154 valence electrons. The highest BCUT2D eigenvalue weighted by atomic mass is 16.5. The second-order valence-corrected chi connectivity index (χ2v) is 7.49. The van der Waals surface area contributed by atoms with Crippen molar-refractivity contribution in [2.24, 2.45) is 0 Å². The van der Waals surface area contributed by atoms with Crippen LogP contribution < -0.4 is 15.0 Å². The monoisotopic (exact) mass is 393 g/mol. The van der Waals surface area contributed by atoms with Gasteiger partial charge >= 0.3 is 0 Å². The van der Waals surface area contributed by atoms with Crippen LogP contribution in [0.2, 0.25) is 0 Å². The second-order valence-electron chi connectivity index (χ2n) is 7.49. The summed E-state index contributed by atoms with van der Waals surface area (Å²) in [5.74, 6) is 0.597. The van der Waals surface area contributed by atoms with Crippen LogP contribution in [0.1, 0.15) is 23.6 Å². The fraction of sp³-hybridized carbons (Fsp3) is 0.375. The summed E-state index contributed by atoms with van der Waals surface area (Å²) in [6.45, 7) is 11.7. The molecule has 1 saturated heterocycles. The highest BCUT2D eigenvalue weighted by Crippen LogP contribution is 2.25. The third-order valence-electron chi connectivity index (χ3n) is 5.42. The molecular weight excluding hydrogens is 362 g/mol. The van der Waals surface area contributed by atoms with Crippen molar-refractivity contribution in [3.63, 3.8) is 0 Å². The second kappa shape index (κ2) is 9.61. The Morgan fingerprint density at radius 2 is 1.86 bits per heavy atom. The van der Waals surface area contributed by atoms with E-state index in [9.17, 15) is 4.79 Å². The van der Waals surface area contributed by atoms with Crippen molar-refractivity contribution in [2.75, 3.05) is 50.1 Å². The van der Waals surface area contributed by atoms with Gasteiger partial charge in [0, 0.05) is 49.2 Å². The Labute approximate surface area is 174 Å². The van der Waals surface area contributed by atoms with E-state index in [1.54, 1.807) is 19.3 Å². The molecule has 0 saturated carbocycles. The molecule has 0 aliphatic carbocycles. The fourth-order valence-electron chi connectivity index (χ4n) is 3.73. The molecule has 5 nitrogen and oxygen atoms in total. The maximum Gasteiger partial charge on any atom is 0.248 e. The van der Waals surface area contributed by atoms with Gasteiger partial charge in [0.1, 0.15) is 5.75 Å². The van der Waals surface area contributed by atoms with Crippen LogP contribution in [-0.4, -0.2) is 50.6 Å². The summed E-state index contributed by atoms with van der Waals surface area (Å²) in [7, 11) is 1.63. The lowest BCUT2D eigenvalue weighted by atomic mass is 10.1. The number of amides is 1. The number of piperazine rings is 1. The number of carbonyl (C=O) groups excluding carboxylic acids is 1. The number of carbonyl (C=O) groups is 1. The molecule has 5 heteroatoms. The molecule has 1 aliphatic heterocycles. The predicted molar refractivity (Wildman–Crippen MR) is 121 cm³/mol. The Bertz CT molecular complexity index is 884. The molecule has 1 N–H and O–H groups in total. The Hall–Kier alpha value is -2.79. The lowest BCUT2D eigenvalue weighted by molar-refractivity contribution is -0.111. The summed E-state index contributed by atoms with van der Waals surface area (Å²) < 4.78 is 5.36. The Morgan fingerprint density at radius 3 is 2.52 bits per heavy atom. The zero-order valence-electron chi connectivity index (χ0n) is 17.9. The first-order chi connectivity index (χ1) is 14.0. The number of ether oxygens (including phenoxy) is 1. The van der Waals surface area contributed by atoms with Crippen molar-refractivity contribution < 1.29 is 9.53 Å². The number of anilines is 2. The third-order valence-corrected chi connectivity index (χ3v) is 5.42. The predicted octanol–water partition coefficient (Wildman–Crippen LogP) is 4.11. The summed E-state index contributed by atoms with van der Waals surface area (Å²) in [6.07, 6.45) is 3.33. The first kappa shape index (κ1) is 20.9. The summed E-state index contributed by atoms with van der Waals surface area (Å²) >= 11 is 0. The number of nitrogens with zero attached hydrogens (tertiary/aromatic N) is 2. The van der Waals surface area contributed by atoms with Gasteiger partial charge < -0.3 is 19.9 Å². The van der Waals surface area contributed by atoms with Crippen molar-refractivity contribution >= 4 is 23.4 Å². The van der Waals surface area contributed by atoms with Gasteiger partial charge in [-0.25, -0.2) is 0 Å². The summed E-state index contributed by atoms with van der Waals surface area (Å²) in [5, 5.41) is 2.96. The molecule has 1 heterocycles. The van der Waals surface area contributed by atoms with E-state index in [1.807, 2.05) is 37.3 Å². The van der Waals surface area contributed by atoms with E-state index in [-0.39, 0.29) is 5.91 Å². The fourth-order valence-corrected chi connectivity index (χ4v) is 3.73. The van der Waals surface area contributed by atoms with Crippen molar-refractivity contribution in [1.29, 1.82) is 0 Å². The van der Waals surface area contributed by atoms with Gasteiger partial charge in [-0.1, -0.05) is 18.6 Å². The lowest BCUT2D eigenvalue weighted by Gasteiger charge is -2.36. The van der Waals surface area contributed by atoms with E-state index in [2.05, 4.69) is 35.0 Å². The first-order valence-electron chi connectivity index (χ1n) is 10.2. The zero-order chi connectivity index (χ0) is 20.8. The van der Waals surface area contributed by atoms with Crippen molar-refractivity contribution in [1.82, 2.24) is 4.90 Å². The number of benzene rings is 2. The molecule has 0 aromatic heterocycles. The van der Waals surface area contributed by atoms with E-state index in [0.717, 1.165) is 55.3 Å². The Morgan fingerprint density at radius 1 is 1.10 bits per heavy atom. The lowest BCUT2D eigenvalue weighted by Crippen LogP contribution is -2.46. The third kappa shape index (κ3) is 5.39. The molecule has 1 aliphatic rings. The number of aryl methyl sites for hydroxylation is 2. The topological polar surface area (TPSA) is 44.8 Å². The number of hydrogen-bond acceptors (Lipinski definition) is 4. The minimum atomic E-state index is -0.155. The summed E-state index contributed by atoms with van der Waals surface area (Å²) in [6, 6.07) is 12.0. The Kier molecular flexibility index (Phi) is 6.94. The SMILES string of the molecule is CCN1CCN(c2ccc(NC(=O)/C=C/c3cc(C)ccc3OC)cc2C)CC1. The van der Waals surface area contributed by atoms with Gasteiger partial charge in [-0.15, -0.1) is 0 Å². The quantitative estimate of drug-likeness (QED) is 0.751.